The van der Waals surface area contributed by atoms with E-state index in [0.717, 1.165) is 5.56 Å². The van der Waals surface area contributed by atoms with Gasteiger partial charge in [-0.15, -0.1) is 5.10 Å². The van der Waals surface area contributed by atoms with Crippen LogP contribution in [-0.2, 0) is 5.54 Å². The quantitative estimate of drug-likeness (QED) is 0.738. The highest BCUT2D eigenvalue weighted by Gasteiger charge is 2.21. The Morgan fingerprint density at radius 2 is 1.88 bits per heavy atom. The normalized spacial score (nSPS) is 11.7. The maximum absolute atomic E-state index is 5.92. The molecule has 0 aliphatic heterocycles. The van der Waals surface area contributed by atoms with Crippen molar-refractivity contribution in [3.63, 3.8) is 0 Å². The van der Waals surface area contributed by atoms with Crippen LogP contribution in [-0.4, -0.2) is 20.2 Å². The maximum atomic E-state index is 5.92. The predicted octanol–water partition coefficient (Wildman–Crippen LogP) is 1.68. The molecule has 5 heteroatoms. The fourth-order valence-electron chi connectivity index (χ4n) is 1.51. The molecule has 0 radical (unpaired) electrons. The summed E-state index contributed by atoms with van der Waals surface area (Å²) in [5.74, 6) is 0.700. The molecule has 1 aromatic carbocycles. The largest absolute Gasteiger partial charge is 0.398 e. The second-order valence-corrected chi connectivity index (χ2v) is 4.67. The van der Waals surface area contributed by atoms with E-state index in [2.05, 4.69) is 15.5 Å². The van der Waals surface area contributed by atoms with Crippen LogP contribution in [0.1, 0.15) is 20.8 Å². The highest BCUT2D eigenvalue weighted by molar-refractivity contribution is 5.71. The molecule has 0 amide bonds. The van der Waals surface area contributed by atoms with E-state index in [9.17, 15) is 0 Å². The van der Waals surface area contributed by atoms with Crippen LogP contribution in [0.5, 0.6) is 0 Å². The minimum absolute atomic E-state index is 0.166. The zero-order chi connectivity index (χ0) is 11.8. The molecule has 0 saturated heterocycles. The van der Waals surface area contributed by atoms with E-state index < -0.39 is 0 Å². The van der Waals surface area contributed by atoms with Crippen molar-refractivity contribution in [3.8, 4) is 11.4 Å². The van der Waals surface area contributed by atoms with Crippen molar-refractivity contribution in [2.45, 2.75) is 26.3 Å². The molecule has 0 saturated carbocycles. The van der Waals surface area contributed by atoms with Gasteiger partial charge in [0, 0.05) is 11.3 Å². The first-order valence-electron chi connectivity index (χ1n) is 5.14. The van der Waals surface area contributed by atoms with Crippen molar-refractivity contribution in [2.75, 3.05) is 5.73 Å². The fourth-order valence-corrected chi connectivity index (χ4v) is 1.51. The van der Waals surface area contributed by atoms with Crippen LogP contribution < -0.4 is 5.73 Å². The highest BCUT2D eigenvalue weighted by Crippen LogP contribution is 2.26. The molecule has 2 rings (SSSR count). The number of rotatable bonds is 1. The number of nitrogens with two attached hydrogens (primary N) is 1. The number of tetrazole rings is 1. The highest BCUT2D eigenvalue weighted by atomic mass is 15.6. The minimum atomic E-state index is -0.166. The molecule has 5 nitrogen and oxygen atoms in total. The topological polar surface area (TPSA) is 69.6 Å². The Labute approximate surface area is 94.3 Å². The number of hydrogen-bond acceptors (Lipinski definition) is 4. The van der Waals surface area contributed by atoms with Gasteiger partial charge in [-0.2, -0.15) is 0 Å². The van der Waals surface area contributed by atoms with Gasteiger partial charge in [0.25, 0.3) is 0 Å². The predicted molar refractivity (Wildman–Crippen MR) is 62.7 cm³/mol. The first-order valence-corrected chi connectivity index (χ1v) is 5.14. The van der Waals surface area contributed by atoms with Gasteiger partial charge in [-0.1, -0.05) is 12.1 Å². The van der Waals surface area contributed by atoms with E-state index in [0.29, 0.717) is 11.5 Å². The van der Waals surface area contributed by atoms with Crippen LogP contribution in [0.3, 0.4) is 0 Å². The summed E-state index contributed by atoms with van der Waals surface area (Å²) >= 11 is 0. The third-order valence-electron chi connectivity index (χ3n) is 2.31. The van der Waals surface area contributed by atoms with Crippen molar-refractivity contribution in [3.05, 3.63) is 24.3 Å². The molecule has 0 bridgehead atoms. The van der Waals surface area contributed by atoms with Crippen molar-refractivity contribution in [2.24, 2.45) is 0 Å². The second-order valence-electron chi connectivity index (χ2n) is 4.67. The molecule has 2 aromatic rings. The number of nitrogens with zero attached hydrogens (tertiary/aromatic N) is 4. The van der Waals surface area contributed by atoms with Gasteiger partial charge >= 0.3 is 0 Å². The summed E-state index contributed by atoms with van der Waals surface area (Å²) in [4.78, 5) is 0. The molecule has 16 heavy (non-hydrogen) atoms. The van der Waals surface area contributed by atoms with Crippen LogP contribution in [0.15, 0.2) is 24.3 Å². The molecule has 2 N–H and O–H groups in total. The number of benzene rings is 1. The van der Waals surface area contributed by atoms with Gasteiger partial charge in [0.2, 0.25) is 0 Å². The zero-order valence-corrected chi connectivity index (χ0v) is 9.68. The van der Waals surface area contributed by atoms with E-state index >= 15 is 0 Å². The fraction of sp³-hybridized carbons (Fsp3) is 0.364. The summed E-state index contributed by atoms with van der Waals surface area (Å²) in [5, 5.41) is 11.8. The molecule has 0 fully saturated rings. The molecule has 0 spiro atoms. The first-order chi connectivity index (χ1) is 7.50. The third-order valence-corrected chi connectivity index (χ3v) is 2.31. The Bertz CT molecular complexity index is 495. The third kappa shape index (κ3) is 1.76. The molecule has 0 aliphatic carbocycles. The molecule has 1 aromatic heterocycles. The van der Waals surface area contributed by atoms with Gasteiger partial charge in [0.15, 0.2) is 5.82 Å². The average molecular weight is 217 g/mol. The van der Waals surface area contributed by atoms with Gasteiger partial charge in [0.05, 0.1) is 5.54 Å². The summed E-state index contributed by atoms with van der Waals surface area (Å²) in [5.41, 5.74) is 7.30. The van der Waals surface area contributed by atoms with Gasteiger partial charge in [-0.3, -0.25) is 0 Å². The number of nitrogen functional groups attached to an aromatic ring is 1. The summed E-state index contributed by atoms with van der Waals surface area (Å²) in [7, 11) is 0. The van der Waals surface area contributed by atoms with Crippen molar-refractivity contribution < 1.29 is 0 Å². The Balaban J connectivity index is 2.58. The van der Waals surface area contributed by atoms with Crippen LogP contribution in [0.25, 0.3) is 11.4 Å². The lowest BCUT2D eigenvalue weighted by atomic mass is 10.1. The second kappa shape index (κ2) is 3.59. The Morgan fingerprint density at radius 3 is 2.50 bits per heavy atom. The lowest BCUT2D eigenvalue weighted by Gasteiger charge is -2.20. The first kappa shape index (κ1) is 10.6. The van der Waals surface area contributed by atoms with Gasteiger partial charge in [0.1, 0.15) is 0 Å². The molecule has 0 atom stereocenters. The van der Waals surface area contributed by atoms with E-state index in [-0.39, 0.29) is 5.54 Å². The lowest BCUT2D eigenvalue weighted by Crippen LogP contribution is -2.24. The number of hydrogen-bond donors (Lipinski definition) is 1. The van der Waals surface area contributed by atoms with E-state index in [4.69, 9.17) is 5.73 Å². The van der Waals surface area contributed by atoms with Gasteiger partial charge in [-0.05, 0) is 43.3 Å². The summed E-state index contributed by atoms with van der Waals surface area (Å²) < 4.78 is 1.78. The number of anilines is 1. The SMILES string of the molecule is CC(C)(C)n1nnnc1-c1ccccc1N. The maximum Gasteiger partial charge on any atom is 0.184 e. The Kier molecular flexibility index (Phi) is 2.38. The smallest absolute Gasteiger partial charge is 0.184 e. The van der Waals surface area contributed by atoms with Gasteiger partial charge in [-0.25, -0.2) is 4.68 Å². The average Bonchev–Trinajstić information content (AvgIpc) is 2.66. The number of para-hydroxylation sites is 1. The molecule has 0 aliphatic rings. The minimum Gasteiger partial charge on any atom is -0.398 e. The van der Waals surface area contributed by atoms with Crippen molar-refractivity contribution in [1.82, 2.24) is 20.2 Å². The molecular weight excluding hydrogens is 202 g/mol. The zero-order valence-electron chi connectivity index (χ0n) is 9.68. The summed E-state index contributed by atoms with van der Waals surface area (Å²) in [6, 6.07) is 7.58. The van der Waals surface area contributed by atoms with Crippen LogP contribution >= 0.6 is 0 Å². The van der Waals surface area contributed by atoms with E-state index in [1.165, 1.54) is 0 Å². The Morgan fingerprint density at radius 1 is 1.19 bits per heavy atom. The van der Waals surface area contributed by atoms with E-state index in [1.807, 2.05) is 45.0 Å². The summed E-state index contributed by atoms with van der Waals surface area (Å²) in [6.07, 6.45) is 0. The lowest BCUT2D eigenvalue weighted by molar-refractivity contribution is 0.351. The van der Waals surface area contributed by atoms with Crippen LogP contribution in [0.2, 0.25) is 0 Å². The van der Waals surface area contributed by atoms with Crippen molar-refractivity contribution in [1.29, 1.82) is 0 Å². The summed E-state index contributed by atoms with van der Waals surface area (Å²) in [6.45, 7) is 6.14. The molecule has 84 valence electrons. The monoisotopic (exact) mass is 217 g/mol. The van der Waals surface area contributed by atoms with Crippen LogP contribution in [0.4, 0.5) is 5.69 Å². The molecular formula is C11H15N5. The molecule has 1 heterocycles. The standard InChI is InChI=1S/C11H15N5/c1-11(2,3)16-10(13-14-15-16)8-6-4-5-7-9(8)12/h4-7H,12H2,1-3H3. The van der Waals surface area contributed by atoms with Crippen molar-refractivity contribution >= 4 is 5.69 Å². The number of aromatic nitrogens is 4. The van der Waals surface area contributed by atoms with Crippen LogP contribution in [0, 0.1) is 0 Å². The molecule has 0 unspecified atom stereocenters. The Hall–Kier alpha value is -1.91. The van der Waals surface area contributed by atoms with Gasteiger partial charge < -0.3 is 5.73 Å². The van der Waals surface area contributed by atoms with E-state index in [1.54, 1.807) is 4.68 Å².